The summed E-state index contributed by atoms with van der Waals surface area (Å²) in [5.74, 6) is 0.373. The fourth-order valence-corrected chi connectivity index (χ4v) is 4.03. The van der Waals surface area contributed by atoms with Gasteiger partial charge < -0.3 is 10.0 Å². The highest BCUT2D eigenvalue weighted by Crippen LogP contribution is 2.22. The van der Waals surface area contributed by atoms with Gasteiger partial charge in [0.2, 0.25) is 0 Å². The third kappa shape index (κ3) is 5.83. The molecule has 5 heteroatoms. The first-order chi connectivity index (χ1) is 11.0. The maximum atomic E-state index is 10.8. The summed E-state index contributed by atoms with van der Waals surface area (Å²) in [6.07, 6.45) is 2.14. The van der Waals surface area contributed by atoms with Gasteiger partial charge >= 0.3 is 5.97 Å². The highest BCUT2D eigenvalue weighted by Gasteiger charge is 2.23. The van der Waals surface area contributed by atoms with E-state index in [-0.39, 0.29) is 6.54 Å². The summed E-state index contributed by atoms with van der Waals surface area (Å²) in [6, 6.07) is 7.09. The van der Waals surface area contributed by atoms with Gasteiger partial charge in [0.1, 0.15) is 0 Å². The summed E-state index contributed by atoms with van der Waals surface area (Å²) >= 11 is 1.92. The second-order valence-electron chi connectivity index (χ2n) is 6.48. The summed E-state index contributed by atoms with van der Waals surface area (Å²) in [6.45, 7) is 7.71. The van der Waals surface area contributed by atoms with Crippen LogP contribution in [0.25, 0.3) is 0 Å². The van der Waals surface area contributed by atoms with Gasteiger partial charge in [0.15, 0.2) is 0 Å². The predicted octanol–water partition coefficient (Wildman–Crippen LogP) is 2.88. The Bertz CT molecular complexity index is 528. The molecule has 1 saturated heterocycles. The first-order valence-electron chi connectivity index (χ1n) is 8.30. The van der Waals surface area contributed by atoms with Gasteiger partial charge in [0.05, 0.1) is 6.54 Å². The van der Waals surface area contributed by atoms with Crippen LogP contribution >= 0.6 is 11.8 Å². The monoisotopic (exact) mass is 336 g/mol. The lowest BCUT2D eigenvalue weighted by Gasteiger charge is -2.36. The number of nitrogens with zero attached hydrogens (tertiary/aromatic N) is 2. The van der Waals surface area contributed by atoms with Crippen molar-refractivity contribution in [2.75, 3.05) is 39.0 Å². The molecule has 0 spiro atoms. The van der Waals surface area contributed by atoms with E-state index in [1.807, 2.05) is 23.7 Å². The van der Waals surface area contributed by atoms with E-state index in [1.54, 1.807) is 0 Å². The van der Waals surface area contributed by atoms with E-state index in [0.717, 1.165) is 38.2 Å². The molecule has 1 fully saturated rings. The number of rotatable bonds is 7. The fourth-order valence-electron chi connectivity index (χ4n) is 3.02. The molecule has 2 rings (SSSR count). The van der Waals surface area contributed by atoms with E-state index >= 15 is 0 Å². The molecule has 0 radical (unpaired) electrons. The summed E-state index contributed by atoms with van der Waals surface area (Å²) in [5.41, 5.74) is 2.71. The Morgan fingerprint density at radius 3 is 2.61 bits per heavy atom. The molecule has 1 aromatic carbocycles. The molecule has 0 unspecified atom stereocenters. The van der Waals surface area contributed by atoms with Crippen molar-refractivity contribution < 1.29 is 9.90 Å². The summed E-state index contributed by atoms with van der Waals surface area (Å²) in [7, 11) is 1.92. The van der Waals surface area contributed by atoms with E-state index in [2.05, 4.69) is 36.9 Å². The Hall–Kier alpha value is -1.04. The van der Waals surface area contributed by atoms with Gasteiger partial charge in [-0.05, 0) is 70.1 Å². The second-order valence-corrected chi connectivity index (χ2v) is 7.64. The highest BCUT2D eigenvalue weighted by molar-refractivity contribution is 7.99. The quantitative estimate of drug-likeness (QED) is 0.776. The number of aliphatic carboxylic acids is 1. The maximum Gasteiger partial charge on any atom is 0.317 e. The smallest absolute Gasteiger partial charge is 0.317 e. The number of likely N-dealkylation sites (N-methyl/N-ethyl adjacent to an activating group) is 1. The normalized spacial score (nSPS) is 16.9. The largest absolute Gasteiger partial charge is 0.480 e. The van der Waals surface area contributed by atoms with Crippen molar-refractivity contribution in [3.63, 3.8) is 0 Å². The molecule has 1 aliphatic heterocycles. The number of hydrogen-bond donors (Lipinski definition) is 1. The minimum absolute atomic E-state index is 0.146. The first kappa shape index (κ1) is 18.3. The zero-order valence-electron chi connectivity index (χ0n) is 14.4. The van der Waals surface area contributed by atoms with Crippen molar-refractivity contribution >= 4 is 17.7 Å². The number of thioether (sulfide) groups is 1. The second kappa shape index (κ2) is 8.71. The predicted molar refractivity (Wildman–Crippen MR) is 96.4 cm³/mol. The summed E-state index contributed by atoms with van der Waals surface area (Å²) < 4.78 is 0. The SMILES string of the molecule is Cc1ccc(SCCN2CCC(N(C)CC(=O)O)CC2)cc1C. The number of hydrogen-bond acceptors (Lipinski definition) is 4. The highest BCUT2D eigenvalue weighted by atomic mass is 32.2. The number of carboxylic acid groups (broad SMARTS) is 1. The molecule has 0 aliphatic carbocycles. The van der Waals surface area contributed by atoms with Crippen LogP contribution in [0, 0.1) is 13.8 Å². The molecule has 1 aromatic rings. The molecule has 0 saturated carbocycles. The number of carboxylic acids is 1. The molecule has 4 nitrogen and oxygen atoms in total. The Kier molecular flexibility index (Phi) is 6.93. The van der Waals surface area contributed by atoms with Gasteiger partial charge in [-0.3, -0.25) is 9.69 Å². The Morgan fingerprint density at radius 2 is 2.00 bits per heavy atom. The third-order valence-electron chi connectivity index (χ3n) is 4.72. The van der Waals surface area contributed by atoms with Gasteiger partial charge in [-0.15, -0.1) is 11.8 Å². The van der Waals surface area contributed by atoms with Gasteiger partial charge in [-0.2, -0.15) is 0 Å². The standard InChI is InChI=1S/C18H28N2O2S/c1-14-4-5-17(12-15(14)2)23-11-10-20-8-6-16(7-9-20)19(3)13-18(21)22/h4-5,12,16H,6-11,13H2,1-3H3,(H,21,22). The van der Waals surface area contributed by atoms with Crippen molar-refractivity contribution in [2.45, 2.75) is 37.6 Å². The van der Waals surface area contributed by atoms with Gasteiger partial charge in [-0.25, -0.2) is 0 Å². The van der Waals surface area contributed by atoms with Crippen LogP contribution in [0.1, 0.15) is 24.0 Å². The molecular formula is C18H28N2O2S. The maximum absolute atomic E-state index is 10.8. The Labute approximate surface area is 143 Å². The van der Waals surface area contributed by atoms with E-state index in [1.165, 1.54) is 16.0 Å². The van der Waals surface area contributed by atoms with Gasteiger partial charge in [-0.1, -0.05) is 6.07 Å². The average Bonchev–Trinajstić information content (AvgIpc) is 2.51. The lowest BCUT2D eigenvalue weighted by atomic mass is 10.0. The molecule has 0 aromatic heterocycles. The zero-order valence-corrected chi connectivity index (χ0v) is 15.2. The molecule has 1 aliphatic rings. The molecule has 0 amide bonds. The van der Waals surface area contributed by atoms with Crippen LogP contribution in [0.3, 0.4) is 0 Å². The molecule has 0 atom stereocenters. The van der Waals surface area contributed by atoms with Crippen LogP contribution in [0.4, 0.5) is 0 Å². The molecular weight excluding hydrogens is 308 g/mol. The molecule has 128 valence electrons. The van der Waals surface area contributed by atoms with Gasteiger partial charge in [0, 0.05) is 23.2 Å². The number of aryl methyl sites for hydroxylation is 2. The van der Waals surface area contributed by atoms with E-state index < -0.39 is 5.97 Å². The fraction of sp³-hybridized carbons (Fsp3) is 0.611. The van der Waals surface area contributed by atoms with Crippen LogP contribution in [-0.2, 0) is 4.79 Å². The summed E-state index contributed by atoms with van der Waals surface area (Å²) in [4.78, 5) is 16.6. The van der Waals surface area contributed by atoms with Crippen LogP contribution in [-0.4, -0.2) is 65.9 Å². The Morgan fingerprint density at radius 1 is 1.30 bits per heavy atom. The van der Waals surface area contributed by atoms with Crippen molar-refractivity contribution in [3.05, 3.63) is 29.3 Å². The Balaban J connectivity index is 1.68. The van der Waals surface area contributed by atoms with Crippen LogP contribution in [0.2, 0.25) is 0 Å². The number of benzene rings is 1. The summed E-state index contributed by atoms with van der Waals surface area (Å²) in [5, 5.41) is 8.87. The lowest BCUT2D eigenvalue weighted by Crippen LogP contribution is -2.45. The van der Waals surface area contributed by atoms with E-state index in [4.69, 9.17) is 5.11 Å². The number of likely N-dealkylation sites (tertiary alicyclic amines) is 1. The lowest BCUT2D eigenvalue weighted by molar-refractivity contribution is -0.138. The number of carbonyl (C=O) groups is 1. The average molecular weight is 337 g/mol. The third-order valence-corrected chi connectivity index (χ3v) is 5.69. The van der Waals surface area contributed by atoms with Crippen LogP contribution in [0.5, 0.6) is 0 Å². The van der Waals surface area contributed by atoms with Crippen molar-refractivity contribution in [3.8, 4) is 0 Å². The topological polar surface area (TPSA) is 43.8 Å². The molecule has 1 N–H and O–H groups in total. The van der Waals surface area contributed by atoms with Crippen LogP contribution < -0.4 is 0 Å². The van der Waals surface area contributed by atoms with E-state index in [9.17, 15) is 4.79 Å². The van der Waals surface area contributed by atoms with E-state index in [0.29, 0.717) is 6.04 Å². The van der Waals surface area contributed by atoms with Crippen molar-refractivity contribution in [1.29, 1.82) is 0 Å². The van der Waals surface area contributed by atoms with Crippen molar-refractivity contribution in [1.82, 2.24) is 9.80 Å². The zero-order chi connectivity index (χ0) is 16.8. The molecule has 23 heavy (non-hydrogen) atoms. The number of piperidine rings is 1. The van der Waals surface area contributed by atoms with Gasteiger partial charge in [0.25, 0.3) is 0 Å². The molecule has 0 bridgehead atoms. The van der Waals surface area contributed by atoms with Crippen LogP contribution in [0.15, 0.2) is 23.1 Å². The minimum atomic E-state index is -0.736. The minimum Gasteiger partial charge on any atom is -0.480 e. The molecule has 1 heterocycles. The first-order valence-corrected chi connectivity index (χ1v) is 9.28. The van der Waals surface area contributed by atoms with Crippen molar-refractivity contribution in [2.24, 2.45) is 0 Å².